The van der Waals surface area contributed by atoms with Crippen molar-refractivity contribution >= 4 is 0 Å². The molecule has 0 bridgehead atoms. The molecule has 0 aliphatic heterocycles. The summed E-state index contributed by atoms with van der Waals surface area (Å²) < 4.78 is 29.4. The zero-order chi connectivity index (χ0) is 15.4. The predicted molar refractivity (Wildman–Crippen MR) is 76.2 cm³/mol. The van der Waals surface area contributed by atoms with E-state index in [9.17, 15) is 9.65 Å². The quantitative estimate of drug-likeness (QED) is 0.865. The highest BCUT2D eigenvalue weighted by Gasteiger charge is 2.18. The molecule has 2 aromatic rings. The van der Waals surface area contributed by atoms with E-state index in [0.29, 0.717) is 33.9 Å². The zero-order valence-electron chi connectivity index (χ0n) is 11.9. The van der Waals surface area contributed by atoms with Gasteiger partial charge in [-0.15, -0.1) is 0 Å². The van der Waals surface area contributed by atoms with Gasteiger partial charge in [0.25, 0.3) is 0 Å². The Morgan fingerprint density at radius 3 is 2.05 bits per heavy atom. The largest absolute Gasteiger partial charge is 0.496 e. The molecule has 0 saturated heterocycles. The number of halogens is 1. The van der Waals surface area contributed by atoms with E-state index in [1.807, 2.05) is 6.07 Å². The van der Waals surface area contributed by atoms with Crippen molar-refractivity contribution in [1.29, 1.82) is 5.26 Å². The van der Waals surface area contributed by atoms with E-state index in [1.54, 1.807) is 12.1 Å². The van der Waals surface area contributed by atoms with Crippen molar-refractivity contribution in [2.75, 3.05) is 21.3 Å². The Morgan fingerprint density at radius 1 is 0.952 bits per heavy atom. The van der Waals surface area contributed by atoms with Crippen LogP contribution in [0.1, 0.15) is 5.56 Å². The summed E-state index contributed by atoms with van der Waals surface area (Å²) in [6.07, 6.45) is 0. The first kappa shape index (κ1) is 14.7. The first-order valence-corrected chi connectivity index (χ1v) is 6.14. The summed E-state index contributed by atoms with van der Waals surface area (Å²) in [6, 6.07) is 9.30. The first-order valence-electron chi connectivity index (χ1n) is 6.14. The van der Waals surface area contributed by atoms with Crippen molar-refractivity contribution in [3.63, 3.8) is 0 Å². The van der Waals surface area contributed by atoms with E-state index in [0.717, 1.165) is 0 Å². The third-order valence-electron chi connectivity index (χ3n) is 3.09. The van der Waals surface area contributed by atoms with Gasteiger partial charge < -0.3 is 14.2 Å². The van der Waals surface area contributed by atoms with Gasteiger partial charge in [-0.2, -0.15) is 5.26 Å². The summed E-state index contributed by atoms with van der Waals surface area (Å²) >= 11 is 0. The van der Waals surface area contributed by atoms with Crippen molar-refractivity contribution in [2.24, 2.45) is 0 Å². The van der Waals surface area contributed by atoms with Gasteiger partial charge in [-0.1, -0.05) is 0 Å². The number of ether oxygens (including phenoxy) is 3. The van der Waals surface area contributed by atoms with Gasteiger partial charge in [-0.3, -0.25) is 0 Å². The summed E-state index contributed by atoms with van der Waals surface area (Å²) in [7, 11) is 4.50. The van der Waals surface area contributed by atoms with Crippen LogP contribution >= 0.6 is 0 Å². The second kappa shape index (κ2) is 6.14. The lowest BCUT2D eigenvalue weighted by Gasteiger charge is -2.16. The molecule has 5 heteroatoms. The fourth-order valence-electron chi connectivity index (χ4n) is 2.09. The van der Waals surface area contributed by atoms with Crippen molar-refractivity contribution in [3.8, 4) is 34.4 Å². The van der Waals surface area contributed by atoms with E-state index < -0.39 is 5.82 Å². The zero-order valence-corrected chi connectivity index (χ0v) is 11.9. The van der Waals surface area contributed by atoms with E-state index in [1.165, 1.54) is 39.5 Å². The third-order valence-corrected chi connectivity index (χ3v) is 3.09. The average Bonchev–Trinajstić information content (AvgIpc) is 2.53. The lowest BCUT2D eigenvalue weighted by molar-refractivity contribution is 0.377. The molecule has 2 rings (SSSR count). The molecular formula is C16H14FNO3. The van der Waals surface area contributed by atoms with Crippen LogP contribution in [0.15, 0.2) is 30.3 Å². The van der Waals surface area contributed by atoms with Gasteiger partial charge in [0.2, 0.25) is 0 Å². The van der Waals surface area contributed by atoms with Gasteiger partial charge in [0.15, 0.2) is 0 Å². The summed E-state index contributed by atoms with van der Waals surface area (Å²) in [5.74, 6) is 0.980. The van der Waals surface area contributed by atoms with Crippen molar-refractivity contribution in [1.82, 2.24) is 0 Å². The summed E-state index contributed by atoms with van der Waals surface area (Å²) in [5, 5.41) is 9.22. The minimum atomic E-state index is -0.441. The fourth-order valence-corrected chi connectivity index (χ4v) is 2.09. The van der Waals surface area contributed by atoms with Crippen LogP contribution in [0.5, 0.6) is 17.2 Å². The molecule has 0 saturated carbocycles. The molecule has 0 aliphatic carbocycles. The molecule has 0 spiro atoms. The minimum absolute atomic E-state index is 0.332. The fraction of sp³-hybridized carbons (Fsp3) is 0.188. The maximum atomic E-state index is 13.6. The van der Waals surface area contributed by atoms with Crippen LogP contribution in [0.3, 0.4) is 0 Å². The van der Waals surface area contributed by atoms with E-state index >= 15 is 0 Å². The third kappa shape index (κ3) is 2.75. The Hall–Kier alpha value is -2.74. The molecule has 0 unspecified atom stereocenters. The van der Waals surface area contributed by atoms with E-state index in [4.69, 9.17) is 14.2 Å². The molecule has 0 aromatic heterocycles. The lowest BCUT2D eigenvalue weighted by atomic mass is 9.98. The van der Waals surface area contributed by atoms with E-state index in [-0.39, 0.29) is 0 Å². The molecular weight excluding hydrogens is 273 g/mol. The van der Waals surface area contributed by atoms with Gasteiger partial charge in [0.1, 0.15) is 23.1 Å². The molecule has 0 N–H and O–H groups in total. The average molecular weight is 287 g/mol. The molecule has 0 radical (unpaired) electrons. The molecule has 0 aliphatic rings. The first-order chi connectivity index (χ1) is 10.1. The Kier molecular flexibility index (Phi) is 4.29. The van der Waals surface area contributed by atoms with Crippen LogP contribution in [0.25, 0.3) is 11.1 Å². The molecule has 0 fully saturated rings. The lowest BCUT2D eigenvalue weighted by Crippen LogP contribution is -1.97. The molecule has 108 valence electrons. The summed E-state index contributed by atoms with van der Waals surface area (Å²) in [6.45, 7) is 0. The molecule has 0 atom stereocenters. The van der Waals surface area contributed by atoms with Gasteiger partial charge in [-0.25, -0.2) is 4.39 Å². The van der Waals surface area contributed by atoms with Crippen LogP contribution in [0.4, 0.5) is 4.39 Å². The van der Waals surface area contributed by atoms with Crippen LogP contribution in [0, 0.1) is 17.1 Å². The van der Waals surface area contributed by atoms with Gasteiger partial charge in [-0.05, 0) is 18.2 Å². The smallest absolute Gasteiger partial charge is 0.134 e. The monoisotopic (exact) mass is 287 g/mol. The number of rotatable bonds is 4. The highest BCUT2D eigenvalue weighted by molar-refractivity contribution is 5.82. The normalized spacial score (nSPS) is 9.86. The summed E-state index contributed by atoms with van der Waals surface area (Å²) in [4.78, 5) is 0. The minimum Gasteiger partial charge on any atom is -0.496 e. The Morgan fingerprint density at radius 2 is 1.57 bits per heavy atom. The number of nitriles is 1. The van der Waals surface area contributed by atoms with Gasteiger partial charge >= 0.3 is 0 Å². The van der Waals surface area contributed by atoms with Gasteiger partial charge in [0.05, 0.1) is 38.5 Å². The standard InChI is InChI=1S/C16H14FNO3/c1-19-12-7-14(20-2)16(15(8-12)21-3)13-6-11(17)5-4-10(13)9-18/h4-8H,1-3H3. The van der Waals surface area contributed by atoms with E-state index in [2.05, 4.69) is 0 Å². The Labute approximate surface area is 122 Å². The second-order valence-corrected chi connectivity index (χ2v) is 4.21. The number of hydrogen-bond acceptors (Lipinski definition) is 4. The number of benzene rings is 2. The highest BCUT2D eigenvalue weighted by Crippen LogP contribution is 2.43. The van der Waals surface area contributed by atoms with Crippen LogP contribution in [0.2, 0.25) is 0 Å². The summed E-state index contributed by atoms with van der Waals surface area (Å²) in [5.41, 5.74) is 1.25. The topological polar surface area (TPSA) is 51.5 Å². The molecule has 4 nitrogen and oxygen atoms in total. The predicted octanol–water partition coefficient (Wildman–Crippen LogP) is 3.39. The van der Waals surface area contributed by atoms with Crippen molar-refractivity contribution in [2.45, 2.75) is 0 Å². The van der Waals surface area contributed by atoms with Crippen LogP contribution in [-0.4, -0.2) is 21.3 Å². The molecule has 0 amide bonds. The van der Waals surface area contributed by atoms with Gasteiger partial charge in [0, 0.05) is 17.7 Å². The maximum absolute atomic E-state index is 13.6. The van der Waals surface area contributed by atoms with Crippen LogP contribution < -0.4 is 14.2 Å². The van der Waals surface area contributed by atoms with Crippen LogP contribution in [-0.2, 0) is 0 Å². The number of methoxy groups -OCH3 is 3. The number of hydrogen-bond donors (Lipinski definition) is 0. The SMILES string of the molecule is COc1cc(OC)c(-c2cc(F)ccc2C#N)c(OC)c1. The second-order valence-electron chi connectivity index (χ2n) is 4.21. The number of nitrogens with zero attached hydrogens (tertiary/aromatic N) is 1. The molecule has 2 aromatic carbocycles. The highest BCUT2D eigenvalue weighted by atomic mass is 19.1. The molecule has 21 heavy (non-hydrogen) atoms. The Bertz CT molecular complexity index is 682. The van der Waals surface area contributed by atoms with Crippen molar-refractivity contribution < 1.29 is 18.6 Å². The maximum Gasteiger partial charge on any atom is 0.134 e. The Balaban J connectivity index is 2.79. The van der Waals surface area contributed by atoms with Crippen molar-refractivity contribution in [3.05, 3.63) is 41.7 Å². The molecule has 0 heterocycles.